The Morgan fingerprint density at radius 2 is 1.89 bits per heavy atom. The van der Waals surface area contributed by atoms with Gasteiger partial charge in [0.25, 0.3) is 5.91 Å². The molecule has 142 valence electrons. The summed E-state index contributed by atoms with van der Waals surface area (Å²) in [6, 6.07) is 12.2. The molecular formula is C21H23NO5. The molecule has 1 aliphatic rings. The van der Waals surface area contributed by atoms with Crippen molar-refractivity contribution in [3.63, 3.8) is 0 Å². The second kappa shape index (κ2) is 8.22. The Morgan fingerprint density at radius 1 is 1.15 bits per heavy atom. The molecule has 0 spiro atoms. The average Bonchev–Trinajstić information content (AvgIpc) is 3.21. The van der Waals surface area contributed by atoms with E-state index in [-0.39, 0.29) is 18.6 Å². The molecule has 1 fully saturated rings. The molecule has 0 bridgehead atoms. The van der Waals surface area contributed by atoms with Crippen LogP contribution in [-0.4, -0.2) is 55.3 Å². The fourth-order valence-electron chi connectivity index (χ4n) is 3.43. The second-order valence-corrected chi connectivity index (χ2v) is 6.46. The van der Waals surface area contributed by atoms with Gasteiger partial charge < -0.3 is 19.5 Å². The maximum absolute atomic E-state index is 12.7. The van der Waals surface area contributed by atoms with Crippen molar-refractivity contribution in [1.29, 1.82) is 0 Å². The molecule has 1 atom stereocenters. The Balaban J connectivity index is 1.89. The smallest absolute Gasteiger partial charge is 0.338 e. The lowest BCUT2D eigenvalue weighted by Crippen LogP contribution is -2.37. The van der Waals surface area contributed by atoms with Gasteiger partial charge in [0.15, 0.2) is 0 Å². The van der Waals surface area contributed by atoms with Gasteiger partial charge in [0.2, 0.25) is 0 Å². The second-order valence-electron chi connectivity index (χ2n) is 6.46. The summed E-state index contributed by atoms with van der Waals surface area (Å²) >= 11 is 0. The number of nitrogens with zero attached hydrogens (tertiary/aromatic N) is 1. The van der Waals surface area contributed by atoms with E-state index in [0.29, 0.717) is 29.0 Å². The highest BCUT2D eigenvalue weighted by Gasteiger charge is 2.28. The van der Waals surface area contributed by atoms with E-state index < -0.39 is 5.97 Å². The molecular weight excluding hydrogens is 346 g/mol. The number of benzene rings is 2. The fourth-order valence-corrected chi connectivity index (χ4v) is 3.43. The summed E-state index contributed by atoms with van der Waals surface area (Å²) in [5.74, 6) is 0.0305. The third-order valence-corrected chi connectivity index (χ3v) is 4.92. The standard InChI is InChI=1S/C21H23NO5/c1-26-17-9-10-18(19(12-17)21(25)27-2)14-5-7-15(8-6-14)20(24)22-11-3-4-16(22)13-23/h5-10,12,16,23H,3-4,11,13H2,1-2H3/t16-/m0/s1. The maximum Gasteiger partial charge on any atom is 0.338 e. The van der Waals surface area contributed by atoms with Crippen molar-refractivity contribution in [2.75, 3.05) is 27.4 Å². The summed E-state index contributed by atoms with van der Waals surface area (Å²) in [6.45, 7) is 0.648. The van der Waals surface area contributed by atoms with Gasteiger partial charge in [-0.1, -0.05) is 12.1 Å². The molecule has 6 nitrogen and oxygen atoms in total. The van der Waals surface area contributed by atoms with Crippen LogP contribution in [-0.2, 0) is 4.74 Å². The summed E-state index contributed by atoms with van der Waals surface area (Å²) in [5, 5.41) is 9.43. The van der Waals surface area contributed by atoms with Crippen molar-refractivity contribution in [3.05, 3.63) is 53.6 Å². The molecule has 3 rings (SSSR count). The number of rotatable bonds is 5. The number of esters is 1. The molecule has 1 N–H and O–H groups in total. The van der Waals surface area contributed by atoms with Crippen LogP contribution < -0.4 is 4.74 Å². The number of methoxy groups -OCH3 is 2. The quantitative estimate of drug-likeness (QED) is 0.820. The van der Waals surface area contributed by atoms with Gasteiger partial charge in [-0.25, -0.2) is 4.79 Å². The SMILES string of the molecule is COC(=O)c1cc(OC)ccc1-c1ccc(C(=O)N2CCC[C@H]2CO)cc1. The number of likely N-dealkylation sites (tertiary alicyclic amines) is 1. The largest absolute Gasteiger partial charge is 0.497 e. The number of ether oxygens (including phenoxy) is 2. The van der Waals surface area contributed by atoms with Crippen molar-refractivity contribution in [1.82, 2.24) is 4.90 Å². The number of hydrogen-bond acceptors (Lipinski definition) is 5. The number of aliphatic hydroxyl groups excluding tert-OH is 1. The zero-order chi connectivity index (χ0) is 19.4. The Morgan fingerprint density at radius 3 is 2.52 bits per heavy atom. The van der Waals surface area contributed by atoms with E-state index in [9.17, 15) is 14.7 Å². The van der Waals surface area contributed by atoms with Gasteiger partial charge in [-0.3, -0.25) is 4.79 Å². The minimum atomic E-state index is -0.452. The Kier molecular flexibility index (Phi) is 5.76. The number of amides is 1. The molecule has 0 aromatic heterocycles. The summed E-state index contributed by atoms with van der Waals surface area (Å²) in [4.78, 5) is 26.5. The lowest BCUT2D eigenvalue weighted by molar-refractivity contribution is 0.0600. The molecule has 2 aromatic carbocycles. The Bertz CT molecular complexity index is 831. The minimum Gasteiger partial charge on any atom is -0.497 e. The van der Waals surface area contributed by atoms with Gasteiger partial charge in [0.05, 0.1) is 32.4 Å². The van der Waals surface area contributed by atoms with Crippen LogP contribution in [0.25, 0.3) is 11.1 Å². The summed E-state index contributed by atoms with van der Waals surface area (Å²) in [6.07, 6.45) is 1.73. The van der Waals surface area contributed by atoms with Crippen molar-refractivity contribution in [2.45, 2.75) is 18.9 Å². The van der Waals surface area contributed by atoms with E-state index in [2.05, 4.69) is 0 Å². The number of carbonyl (C=O) groups is 2. The topological polar surface area (TPSA) is 76.1 Å². The predicted molar refractivity (Wildman–Crippen MR) is 101 cm³/mol. The fraction of sp³-hybridized carbons (Fsp3) is 0.333. The van der Waals surface area contributed by atoms with Gasteiger partial charge in [-0.2, -0.15) is 0 Å². The van der Waals surface area contributed by atoms with Crippen molar-refractivity contribution in [3.8, 4) is 16.9 Å². The summed E-state index contributed by atoms with van der Waals surface area (Å²) < 4.78 is 10.1. The molecule has 27 heavy (non-hydrogen) atoms. The van der Waals surface area contributed by atoms with Crippen LogP contribution in [0.1, 0.15) is 33.6 Å². The Hall–Kier alpha value is -2.86. The highest BCUT2D eigenvalue weighted by molar-refractivity contribution is 5.99. The molecule has 1 heterocycles. The number of aliphatic hydroxyl groups is 1. The Labute approximate surface area is 158 Å². The number of carbonyl (C=O) groups excluding carboxylic acids is 2. The van der Waals surface area contributed by atoms with E-state index in [4.69, 9.17) is 9.47 Å². The van der Waals surface area contributed by atoms with Gasteiger partial charge >= 0.3 is 5.97 Å². The molecule has 0 unspecified atom stereocenters. The van der Waals surface area contributed by atoms with E-state index in [0.717, 1.165) is 18.4 Å². The van der Waals surface area contributed by atoms with E-state index >= 15 is 0 Å². The molecule has 1 saturated heterocycles. The maximum atomic E-state index is 12.7. The van der Waals surface area contributed by atoms with Crippen LogP contribution >= 0.6 is 0 Å². The molecule has 0 aliphatic carbocycles. The van der Waals surface area contributed by atoms with E-state index in [1.54, 1.807) is 35.2 Å². The van der Waals surface area contributed by atoms with Crippen LogP contribution in [0.5, 0.6) is 5.75 Å². The highest BCUT2D eigenvalue weighted by atomic mass is 16.5. The summed E-state index contributed by atoms with van der Waals surface area (Å²) in [5.41, 5.74) is 2.47. The highest BCUT2D eigenvalue weighted by Crippen LogP contribution is 2.29. The van der Waals surface area contributed by atoms with Crippen LogP contribution in [0, 0.1) is 0 Å². The monoisotopic (exact) mass is 369 g/mol. The number of hydrogen-bond donors (Lipinski definition) is 1. The van der Waals surface area contributed by atoms with Gasteiger partial charge in [-0.05, 0) is 54.3 Å². The molecule has 0 saturated carbocycles. The van der Waals surface area contributed by atoms with Crippen molar-refractivity contribution >= 4 is 11.9 Å². The van der Waals surface area contributed by atoms with Crippen LogP contribution in [0.3, 0.4) is 0 Å². The van der Waals surface area contributed by atoms with Crippen LogP contribution in [0.4, 0.5) is 0 Å². The van der Waals surface area contributed by atoms with Crippen molar-refractivity contribution < 1.29 is 24.2 Å². The van der Waals surface area contributed by atoms with Gasteiger partial charge in [0, 0.05) is 12.1 Å². The van der Waals surface area contributed by atoms with Crippen LogP contribution in [0.15, 0.2) is 42.5 Å². The lowest BCUT2D eigenvalue weighted by atomic mass is 9.98. The average molecular weight is 369 g/mol. The first kappa shape index (κ1) is 18.9. The first-order valence-corrected chi connectivity index (χ1v) is 8.87. The third kappa shape index (κ3) is 3.80. The molecule has 2 aromatic rings. The molecule has 6 heteroatoms. The zero-order valence-electron chi connectivity index (χ0n) is 15.5. The first-order valence-electron chi connectivity index (χ1n) is 8.87. The normalized spacial score (nSPS) is 16.3. The zero-order valence-corrected chi connectivity index (χ0v) is 15.5. The predicted octanol–water partition coefficient (Wildman–Crippen LogP) is 2.75. The third-order valence-electron chi connectivity index (χ3n) is 4.92. The van der Waals surface area contributed by atoms with Crippen LogP contribution in [0.2, 0.25) is 0 Å². The molecule has 1 amide bonds. The van der Waals surface area contributed by atoms with Crippen molar-refractivity contribution in [2.24, 2.45) is 0 Å². The first-order chi connectivity index (χ1) is 13.1. The van der Waals surface area contributed by atoms with E-state index in [1.807, 2.05) is 12.1 Å². The minimum absolute atomic E-state index is 0.0157. The summed E-state index contributed by atoms with van der Waals surface area (Å²) in [7, 11) is 2.87. The van der Waals surface area contributed by atoms with Gasteiger partial charge in [-0.15, -0.1) is 0 Å². The molecule has 1 aliphatic heterocycles. The molecule has 0 radical (unpaired) electrons. The van der Waals surface area contributed by atoms with Gasteiger partial charge in [0.1, 0.15) is 5.75 Å². The van der Waals surface area contributed by atoms with E-state index in [1.165, 1.54) is 14.2 Å². The lowest BCUT2D eigenvalue weighted by Gasteiger charge is -2.23.